The number of aliphatic hydroxyl groups excluding tert-OH is 1. The molecule has 0 aliphatic rings. The average molecular weight is 378 g/mol. The highest BCUT2D eigenvalue weighted by molar-refractivity contribution is 6.31. The number of aliphatic hydroxyl groups is 1. The van der Waals surface area contributed by atoms with Crippen LogP contribution in [0.5, 0.6) is 11.5 Å². The van der Waals surface area contributed by atoms with Crippen LogP contribution in [0.4, 0.5) is 5.69 Å². The standard InChI is InChI=1S/C19H24ClN3O3/c1-4-21-19(22-12-16(24)14-7-5-6-8-15(14)20)23-13-9-10-17(25-2)18(11-13)26-3/h5-11,16,24H,4,12H2,1-3H3,(H2,21,22,23). The summed E-state index contributed by atoms with van der Waals surface area (Å²) in [6.45, 7) is 2.82. The lowest BCUT2D eigenvalue weighted by molar-refractivity contribution is 0.187. The molecule has 0 aromatic heterocycles. The van der Waals surface area contributed by atoms with Gasteiger partial charge in [-0.15, -0.1) is 0 Å². The summed E-state index contributed by atoms with van der Waals surface area (Å²) in [6.07, 6.45) is -0.787. The molecule has 2 rings (SSSR count). The minimum absolute atomic E-state index is 0.173. The third-order valence-electron chi connectivity index (χ3n) is 3.68. The van der Waals surface area contributed by atoms with E-state index in [0.717, 1.165) is 5.69 Å². The summed E-state index contributed by atoms with van der Waals surface area (Å²) >= 11 is 6.12. The Morgan fingerprint density at radius 2 is 1.88 bits per heavy atom. The summed E-state index contributed by atoms with van der Waals surface area (Å²) in [5, 5.41) is 17.2. The Bertz CT molecular complexity index is 753. The Balaban J connectivity index is 2.13. The molecule has 0 saturated heterocycles. The van der Waals surface area contributed by atoms with Gasteiger partial charge < -0.3 is 25.2 Å². The average Bonchev–Trinajstić information content (AvgIpc) is 2.66. The molecule has 0 radical (unpaired) electrons. The lowest BCUT2D eigenvalue weighted by Gasteiger charge is -2.15. The number of halogens is 1. The summed E-state index contributed by atoms with van der Waals surface area (Å²) in [5.74, 6) is 1.81. The highest BCUT2D eigenvalue weighted by Crippen LogP contribution is 2.29. The number of nitrogens with zero attached hydrogens (tertiary/aromatic N) is 1. The number of nitrogens with one attached hydrogen (secondary N) is 2. The summed E-state index contributed by atoms with van der Waals surface area (Å²) in [5.41, 5.74) is 1.44. The molecule has 0 aliphatic carbocycles. The van der Waals surface area contributed by atoms with E-state index < -0.39 is 6.10 Å². The molecule has 0 heterocycles. The van der Waals surface area contributed by atoms with E-state index in [1.807, 2.05) is 37.3 Å². The van der Waals surface area contributed by atoms with Crippen molar-refractivity contribution in [1.82, 2.24) is 5.32 Å². The first-order chi connectivity index (χ1) is 12.6. The molecule has 2 aromatic carbocycles. The molecule has 0 bridgehead atoms. The summed E-state index contributed by atoms with van der Waals surface area (Å²) in [6, 6.07) is 12.7. The van der Waals surface area contributed by atoms with E-state index >= 15 is 0 Å². The fourth-order valence-corrected chi connectivity index (χ4v) is 2.64. The van der Waals surface area contributed by atoms with Crippen molar-refractivity contribution in [2.45, 2.75) is 13.0 Å². The van der Waals surface area contributed by atoms with Gasteiger partial charge in [-0.25, -0.2) is 4.99 Å². The maximum Gasteiger partial charge on any atom is 0.195 e. The van der Waals surface area contributed by atoms with Crippen LogP contribution in [-0.2, 0) is 0 Å². The van der Waals surface area contributed by atoms with E-state index in [-0.39, 0.29) is 6.54 Å². The fourth-order valence-electron chi connectivity index (χ4n) is 2.38. The first-order valence-corrected chi connectivity index (χ1v) is 8.66. The van der Waals surface area contributed by atoms with Crippen molar-refractivity contribution in [2.75, 3.05) is 32.6 Å². The van der Waals surface area contributed by atoms with Gasteiger partial charge in [-0.05, 0) is 25.1 Å². The van der Waals surface area contributed by atoms with Crippen LogP contribution >= 0.6 is 11.6 Å². The van der Waals surface area contributed by atoms with Gasteiger partial charge in [0.05, 0.1) is 20.8 Å². The largest absolute Gasteiger partial charge is 0.493 e. The predicted octanol–water partition coefficient (Wildman–Crippen LogP) is 3.47. The van der Waals surface area contributed by atoms with Gasteiger partial charge in [0, 0.05) is 28.9 Å². The van der Waals surface area contributed by atoms with Gasteiger partial charge in [0.25, 0.3) is 0 Å². The zero-order chi connectivity index (χ0) is 18.9. The highest BCUT2D eigenvalue weighted by Gasteiger charge is 2.11. The first kappa shape index (κ1) is 19.9. The molecular weight excluding hydrogens is 354 g/mol. The SMILES string of the molecule is CCNC(=NCC(O)c1ccccc1Cl)Nc1ccc(OC)c(OC)c1. The molecule has 7 heteroatoms. The monoisotopic (exact) mass is 377 g/mol. The summed E-state index contributed by atoms with van der Waals surface area (Å²) in [7, 11) is 3.17. The minimum atomic E-state index is -0.787. The number of rotatable bonds is 7. The predicted molar refractivity (Wildman–Crippen MR) is 106 cm³/mol. The van der Waals surface area contributed by atoms with Gasteiger partial charge >= 0.3 is 0 Å². The number of hydrogen-bond donors (Lipinski definition) is 3. The van der Waals surface area contributed by atoms with Crippen LogP contribution in [0.15, 0.2) is 47.5 Å². The van der Waals surface area contributed by atoms with Crippen LogP contribution in [0.25, 0.3) is 0 Å². The fraction of sp³-hybridized carbons (Fsp3) is 0.316. The van der Waals surface area contributed by atoms with E-state index in [0.29, 0.717) is 34.6 Å². The smallest absolute Gasteiger partial charge is 0.195 e. The van der Waals surface area contributed by atoms with Crippen LogP contribution in [0.2, 0.25) is 5.02 Å². The van der Waals surface area contributed by atoms with Crippen molar-refractivity contribution in [3.05, 3.63) is 53.1 Å². The molecule has 2 aromatic rings. The van der Waals surface area contributed by atoms with E-state index in [2.05, 4.69) is 15.6 Å². The van der Waals surface area contributed by atoms with Crippen LogP contribution in [0, 0.1) is 0 Å². The molecular formula is C19H24ClN3O3. The van der Waals surface area contributed by atoms with E-state index in [9.17, 15) is 5.11 Å². The van der Waals surface area contributed by atoms with Crippen molar-refractivity contribution in [3.8, 4) is 11.5 Å². The molecule has 0 saturated carbocycles. The van der Waals surface area contributed by atoms with Crippen LogP contribution in [-0.4, -0.2) is 38.4 Å². The zero-order valence-corrected chi connectivity index (χ0v) is 15.9. The Labute approximate surface area is 158 Å². The minimum Gasteiger partial charge on any atom is -0.493 e. The van der Waals surface area contributed by atoms with Gasteiger partial charge in [0.15, 0.2) is 17.5 Å². The van der Waals surface area contributed by atoms with Gasteiger partial charge in [-0.2, -0.15) is 0 Å². The molecule has 140 valence electrons. The topological polar surface area (TPSA) is 75.1 Å². The van der Waals surface area contributed by atoms with E-state index in [1.54, 1.807) is 26.4 Å². The van der Waals surface area contributed by atoms with Gasteiger partial charge in [-0.3, -0.25) is 0 Å². The summed E-state index contributed by atoms with van der Waals surface area (Å²) < 4.78 is 10.5. The number of anilines is 1. The molecule has 0 fully saturated rings. The molecule has 1 atom stereocenters. The Morgan fingerprint density at radius 1 is 1.15 bits per heavy atom. The number of benzene rings is 2. The number of hydrogen-bond acceptors (Lipinski definition) is 4. The maximum absolute atomic E-state index is 10.4. The lowest BCUT2D eigenvalue weighted by Crippen LogP contribution is -2.31. The van der Waals surface area contributed by atoms with Crippen LogP contribution in [0.3, 0.4) is 0 Å². The third kappa shape index (κ3) is 5.28. The normalized spacial score (nSPS) is 12.4. The second-order valence-electron chi connectivity index (χ2n) is 5.45. The molecule has 0 spiro atoms. The molecule has 0 amide bonds. The van der Waals surface area contributed by atoms with Crippen molar-refractivity contribution < 1.29 is 14.6 Å². The molecule has 6 nitrogen and oxygen atoms in total. The Hall–Kier alpha value is -2.44. The molecule has 3 N–H and O–H groups in total. The highest BCUT2D eigenvalue weighted by atomic mass is 35.5. The van der Waals surface area contributed by atoms with Crippen molar-refractivity contribution >= 4 is 23.2 Å². The zero-order valence-electron chi connectivity index (χ0n) is 15.1. The maximum atomic E-state index is 10.4. The van der Waals surface area contributed by atoms with Crippen LogP contribution < -0.4 is 20.1 Å². The van der Waals surface area contributed by atoms with E-state index in [1.165, 1.54) is 0 Å². The molecule has 0 aliphatic heterocycles. The second-order valence-corrected chi connectivity index (χ2v) is 5.86. The lowest BCUT2D eigenvalue weighted by atomic mass is 10.1. The van der Waals surface area contributed by atoms with E-state index in [4.69, 9.17) is 21.1 Å². The van der Waals surface area contributed by atoms with Crippen molar-refractivity contribution in [2.24, 2.45) is 4.99 Å². The van der Waals surface area contributed by atoms with Gasteiger partial charge in [0.1, 0.15) is 6.10 Å². The Morgan fingerprint density at radius 3 is 2.54 bits per heavy atom. The first-order valence-electron chi connectivity index (χ1n) is 8.28. The molecule has 1 unspecified atom stereocenters. The summed E-state index contributed by atoms with van der Waals surface area (Å²) in [4.78, 5) is 4.44. The Kier molecular flexibility index (Phi) is 7.56. The van der Waals surface area contributed by atoms with Crippen molar-refractivity contribution in [3.63, 3.8) is 0 Å². The number of guanidine groups is 1. The second kappa shape index (κ2) is 9.89. The third-order valence-corrected chi connectivity index (χ3v) is 4.02. The quantitative estimate of drug-likeness (QED) is 0.509. The van der Waals surface area contributed by atoms with Crippen LogP contribution in [0.1, 0.15) is 18.6 Å². The van der Waals surface area contributed by atoms with Gasteiger partial charge in [0.2, 0.25) is 0 Å². The number of methoxy groups -OCH3 is 2. The van der Waals surface area contributed by atoms with Gasteiger partial charge in [-0.1, -0.05) is 29.8 Å². The molecule has 26 heavy (non-hydrogen) atoms. The number of ether oxygens (including phenoxy) is 2. The van der Waals surface area contributed by atoms with Crippen molar-refractivity contribution in [1.29, 1.82) is 0 Å². The number of aliphatic imine (C=N–C) groups is 1.